The molecule has 1 aromatic heterocycles. The fraction of sp³-hybridized carbons (Fsp3) is 0.375. The van der Waals surface area contributed by atoms with Crippen molar-refractivity contribution in [3.8, 4) is 22.9 Å². The Balaban J connectivity index is 2.18. The molecule has 0 radical (unpaired) electrons. The van der Waals surface area contributed by atoms with E-state index in [1.165, 1.54) is 0 Å². The minimum absolute atomic E-state index is 0.332. The molecular weight excluding hydrogens is 266 g/mol. The fourth-order valence-corrected chi connectivity index (χ4v) is 2.19. The number of methoxy groups -OCH3 is 2. The first-order chi connectivity index (χ1) is 10.3. The molecule has 0 spiro atoms. The third-order valence-electron chi connectivity index (χ3n) is 3.25. The first kappa shape index (κ1) is 15.1. The Labute approximate surface area is 124 Å². The Morgan fingerprint density at radius 3 is 2.86 bits per heavy atom. The lowest BCUT2D eigenvalue weighted by Crippen LogP contribution is -2.01. The summed E-state index contributed by atoms with van der Waals surface area (Å²) in [6, 6.07) is 8.02. The van der Waals surface area contributed by atoms with Gasteiger partial charge in [0.05, 0.1) is 25.8 Å². The van der Waals surface area contributed by atoms with Gasteiger partial charge in [-0.1, -0.05) is 6.07 Å². The van der Waals surface area contributed by atoms with Crippen LogP contribution in [0.3, 0.4) is 0 Å². The van der Waals surface area contributed by atoms with Gasteiger partial charge in [-0.3, -0.25) is 4.68 Å². The van der Waals surface area contributed by atoms with Gasteiger partial charge in [0.25, 0.3) is 0 Å². The summed E-state index contributed by atoms with van der Waals surface area (Å²) in [4.78, 5) is 0. The molecule has 0 bridgehead atoms. The highest BCUT2D eigenvalue weighted by Crippen LogP contribution is 2.26. The predicted molar refractivity (Wildman–Crippen MR) is 80.0 cm³/mol. The van der Waals surface area contributed by atoms with Gasteiger partial charge in [0.1, 0.15) is 5.75 Å². The van der Waals surface area contributed by atoms with Crippen molar-refractivity contribution in [2.45, 2.75) is 19.4 Å². The smallest absolute Gasteiger partial charge is 0.123 e. The van der Waals surface area contributed by atoms with Crippen molar-refractivity contribution >= 4 is 0 Å². The summed E-state index contributed by atoms with van der Waals surface area (Å²) in [5, 5.41) is 13.2. The van der Waals surface area contributed by atoms with Crippen molar-refractivity contribution in [3.63, 3.8) is 0 Å². The summed E-state index contributed by atoms with van der Waals surface area (Å²) in [5.74, 6) is 0.743. The van der Waals surface area contributed by atoms with Crippen molar-refractivity contribution in [1.29, 1.82) is 5.26 Å². The highest BCUT2D eigenvalue weighted by molar-refractivity contribution is 5.64. The lowest BCUT2D eigenvalue weighted by atomic mass is 10.0. The number of ether oxygens (including phenoxy) is 2. The monoisotopic (exact) mass is 285 g/mol. The maximum Gasteiger partial charge on any atom is 0.123 e. The Morgan fingerprint density at radius 2 is 2.14 bits per heavy atom. The van der Waals surface area contributed by atoms with Crippen LogP contribution in [0, 0.1) is 11.3 Å². The zero-order valence-corrected chi connectivity index (χ0v) is 12.4. The van der Waals surface area contributed by atoms with E-state index in [2.05, 4.69) is 11.2 Å². The maximum absolute atomic E-state index is 8.89. The second kappa shape index (κ2) is 7.46. The molecule has 0 aliphatic heterocycles. The molecule has 0 atom stereocenters. The average Bonchev–Trinajstić information content (AvgIpc) is 2.97. The zero-order valence-electron chi connectivity index (χ0n) is 12.4. The van der Waals surface area contributed by atoms with Gasteiger partial charge in [-0.05, 0) is 24.1 Å². The number of aromatic nitrogens is 2. The molecule has 0 unspecified atom stereocenters. The SMILES string of the molecule is COCCCn1cc(-c2ccc(OC)c(CC#N)c2)cn1. The van der Waals surface area contributed by atoms with Crippen molar-refractivity contribution in [2.24, 2.45) is 0 Å². The highest BCUT2D eigenvalue weighted by atomic mass is 16.5. The van der Waals surface area contributed by atoms with E-state index in [1.54, 1.807) is 14.2 Å². The average molecular weight is 285 g/mol. The van der Waals surface area contributed by atoms with E-state index in [4.69, 9.17) is 14.7 Å². The molecule has 1 heterocycles. The van der Waals surface area contributed by atoms with Crippen molar-refractivity contribution < 1.29 is 9.47 Å². The van der Waals surface area contributed by atoms with Crippen LogP contribution in [0.5, 0.6) is 5.75 Å². The molecule has 0 amide bonds. The lowest BCUT2D eigenvalue weighted by Gasteiger charge is -2.07. The van der Waals surface area contributed by atoms with E-state index in [-0.39, 0.29) is 0 Å². The van der Waals surface area contributed by atoms with E-state index in [9.17, 15) is 0 Å². The second-order valence-electron chi connectivity index (χ2n) is 4.70. The van der Waals surface area contributed by atoms with Gasteiger partial charge >= 0.3 is 0 Å². The van der Waals surface area contributed by atoms with E-state index in [1.807, 2.05) is 35.3 Å². The molecule has 0 saturated heterocycles. The van der Waals surface area contributed by atoms with Gasteiger partial charge in [-0.2, -0.15) is 10.4 Å². The van der Waals surface area contributed by atoms with E-state index in [0.717, 1.165) is 42.0 Å². The summed E-state index contributed by atoms with van der Waals surface area (Å²) in [7, 11) is 3.31. The first-order valence-electron chi connectivity index (χ1n) is 6.84. The van der Waals surface area contributed by atoms with Crippen LogP contribution in [0.25, 0.3) is 11.1 Å². The molecule has 110 valence electrons. The Kier molecular flexibility index (Phi) is 5.35. The van der Waals surface area contributed by atoms with Gasteiger partial charge in [-0.25, -0.2) is 0 Å². The second-order valence-corrected chi connectivity index (χ2v) is 4.70. The molecule has 0 aliphatic carbocycles. The molecule has 21 heavy (non-hydrogen) atoms. The van der Waals surface area contributed by atoms with E-state index < -0.39 is 0 Å². The summed E-state index contributed by atoms with van der Waals surface area (Å²) >= 11 is 0. The quantitative estimate of drug-likeness (QED) is 0.734. The van der Waals surface area contributed by atoms with Crippen LogP contribution >= 0.6 is 0 Å². The zero-order chi connectivity index (χ0) is 15.1. The number of rotatable bonds is 7. The predicted octanol–water partition coefficient (Wildman–Crippen LogP) is 2.66. The molecular formula is C16H19N3O2. The standard InChI is InChI=1S/C16H19N3O2/c1-20-9-3-8-19-12-15(11-18-19)13-4-5-16(21-2)14(10-13)6-7-17/h4-5,10-12H,3,6,8-9H2,1-2H3. The number of hydrogen-bond donors (Lipinski definition) is 0. The lowest BCUT2D eigenvalue weighted by molar-refractivity contribution is 0.189. The van der Waals surface area contributed by atoms with Crippen molar-refractivity contribution in [1.82, 2.24) is 9.78 Å². The molecule has 0 fully saturated rings. The third kappa shape index (κ3) is 3.83. The molecule has 0 N–H and O–H groups in total. The molecule has 0 saturated carbocycles. The fourth-order valence-electron chi connectivity index (χ4n) is 2.19. The third-order valence-corrected chi connectivity index (χ3v) is 3.25. The van der Waals surface area contributed by atoms with Crippen LogP contribution in [-0.2, 0) is 17.7 Å². The molecule has 0 aliphatic rings. The van der Waals surface area contributed by atoms with Crippen LogP contribution in [0.2, 0.25) is 0 Å². The summed E-state index contributed by atoms with van der Waals surface area (Å²) in [6.07, 6.45) is 5.11. The number of benzene rings is 1. The summed E-state index contributed by atoms with van der Waals surface area (Å²) in [5.41, 5.74) is 2.97. The van der Waals surface area contributed by atoms with Crippen molar-refractivity contribution in [3.05, 3.63) is 36.2 Å². The number of aryl methyl sites for hydroxylation is 1. The minimum atomic E-state index is 0.332. The van der Waals surface area contributed by atoms with Gasteiger partial charge in [0.2, 0.25) is 0 Å². The normalized spacial score (nSPS) is 10.3. The molecule has 5 heteroatoms. The Hall–Kier alpha value is -2.32. The molecule has 2 aromatic rings. The summed E-state index contributed by atoms with van der Waals surface area (Å²) < 4.78 is 12.2. The number of hydrogen-bond acceptors (Lipinski definition) is 4. The maximum atomic E-state index is 8.89. The molecule has 2 rings (SSSR count). The molecule has 5 nitrogen and oxygen atoms in total. The van der Waals surface area contributed by atoms with Gasteiger partial charge in [0, 0.05) is 37.6 Å². The van der Waals surface area contributed by atoms with Crippen LogP contribution in [0.15, 0.2) is 30.6 Å². The van der Waals surface area contributed by atoms with Gasteiger partial charge in [0.15, 0.2) is 0 Å². The Morgan fingerprint density at radius 1 is 1.29 bits per heavy atom. The first-order valence-corrected chi connectivity index (χ1v) is 6.84. The van der Waals surface area contributed by atoms with Gasteiger partial charge in [-0.15, -0.1) is 0 Å². The largest absolute Gasteiger partial charge is 0.496 e. The molecule has 1 aromatic carbocycles. The summed E-state index contributed by atoms with van der Waals surface area (Å²) in [6.45, 7) is 1.55. The van der Waals surface area contributed by atoms with Crippen LogP contribution in [-0.4, -0.2) is 30.6 Å². The Bertz CT molecular complexity index is 629. The minimum Gasteiger partial charge on any atom is -0.496 e. The van der Waals surface area contributed by atoms with Crippen LogP contribution in [0.4, 0.5) is 0 Å². The van der Waals surface area contributed by atoms with Crippen molar-refractivity contribution in [2.75, 3.05) is 20.8 Å². The van der Waals surface area contributed by atoms with E-state index in [0.29, 0.717) is 6.42 Å². The topological polar surface area (TPSA) is 60.1 Å². The number of nitriles is 1. The van der Waals surface area contributed by atoms with E-state index >= 15 is 0 Å². The van der Waals surface area contributed by atoms with Crippen LogP contribution in [0.1, 0.15) is 12.0 Å². The number of nitrogens with zero attached hydrogens (tertiary/aromatic N) is 3. The van der Waals surface area contributed by atoms with Gasteiger partial charge < -0.3 is 9.47 Å². The van der Waals surface area contributed by atoms with Crippen LogP contribution < -0.4 is 4.74 Å². The highest BCUT2D eigenvalue weighted by Gasteiger charge is 2.07.